The zero-order valence-corrected chi connectivity index (χ0v) is 33.1. The molecule has 280 valence electrons. The number of hydrogen-bond donors (Lipinski definition) is 0. The molecule has 1 aromatic heterocycles. The molecule has 1 aliphatic rings. The Labute approximate surface area is 345 Å². The zero-order valence-electron chi connectivity index (χ0n) is 33.1. The number of rotatable bonds is 7. The van der Waals surface area contributed by atoms with E-state index in [1.165, 1.54) is 50.1 Å². The summed E-state index contributed by atoms with van der Waals surface area (Å²) in [6.07, 6.45) is 0. The fourth-order valence-corrected chi connectivity index (χ4v) is 9.14. The van der Waals surface area contributed by atoms with E-state index in [4.69, 9.17) is 4.42 Å². The molecule has 0 aliphatic heterocycles. The van der Waals surface area contributed by atoms with Gasteiger partial charge in [0.15, 0.2) is 0 Å². The largest absolute Gasteiger partial charge is 0.456 e. The summed E-state index contributed by atoms with van der Waals surface area (Å²) in [6.45, 7) is 4.67. The van der Waals surface area contributed by atoms with E-state index < -0.39 is 0 Å². The molecule has 59 heavy (non-hydrogen) atoms. The van der Waals surface area contributed by atoms with E-state index in [1.807, 2.05) is 0 Å². The van der Waals surface area contributed by atoms with Crippen molar-refractivity contribution in [1.82, 2.24) is 0 Å². The molecule has 10 aromatic rings. The first-order valence-corrected chi connectivity index (χ1v) is 20.4. The second-order valence-electron chi connectivity index (χ2n) is 16.2. The summed E-state index contributed by atoms with van der Waals surface area (Å²) >= 11 is 0. The SMILES string of the molecule is CC1(C)c2ccccc2-c2ccc(-c3ccc4c(c3)oc3cc(-c5ccc(N(c6ccc(-c7ccccc7)cc6)c6ccc(-c7ccccc7)cc6)cc5)ccc34)cc21. The van der Waals surface area contributed by atoms with Crippen LogP contribution in [0.4, 0.5) is 17.1 Å². The minimum Gasteiger partial charge on any atom is -0.456 e. The lowest BCUT2D eigenvalue weighted by molar-refractivity contribution is 0.660. The van der Waals surface area contributed by atoms with Gasteiger partial charge in [-0.1, -0.05) is 159 Å². The highest BCUT2D eigenvalue weighted by Gasteiger charge is 2.35. The summed E-state index contributed by atoms with van der Waals surface area (Å²) in [5.41, 5.74) is 19.9. The van der Waals surface area contributed by atoms with E-state index in [1.54, 1.807) is 0 Å². The molecule has 0 bridgehead atoms. The number of fused-ring (bicyclic) bond motifs is 6. The van der Waals surface area contributed by atoms with Crippen molar-refractivity contribution < 1.29 is 4.42 Å². The van der Waals surface area contributed by atoms with Crippen LogP contribution in [-0.2, 0) is 5.41 Å². The Balaban J connectivity index is 0.910. The summed E-state index contributed by atoms with van der Waals surface area (Å²) < 4.78 is 6.61. The van der Waals surface area contributed by atoms with Crippen LogP contribution in [0.3, 0.4) is 0 Å². The predicted molar refractivity (Wildman–Crippen MR) is 248 cm³/mol. The molecule has 0 saturated carbocycles. The molecule has 0 radical (unpaired) electrons. The highest BCUT2D eigenvalue weighted by atomic mass is 16.3. The van der Waals surface area contributed by atoms with Crippen molar-refractivity contribution >= 4 is 39.0 Å². The lowest BCUT2D eigenvalue weighted by atomic mass is 9.81. The number of hydrogen-bond acceptors (Lipinski definition) is 2. The molecule has 1 heterocycles. The van der Waals surface area contributed by atoms with Crippen molar-refractivity contribution in [2.75, 3.05) is 4.90 Å². The molecule has 0 amide bonds. The fraction of sp³-hybridized carbons (Fsp3) is 0.0526. The molecule has 11 rings (SSSR count). The van der Waals surface area contributed by atoms with Crippen LogP contribution >= 0.6 is 0 Å². The topological polar surface area (TPSA) is 16.4 Å². The molecule has 1 aliphatic carbocycles. The number of benzene rings is 9. The van der Waals surface area contributed by atoms with Crippen LogP contribution < -0.4 is 4.90 Å². The van der Waals surface area contributed by atoms with Crippen LogP contribution in [0.1, 0.15) is 25.0 Å². The first-order valence-electron chi connectivity index (χ1n) is 20.4. The van der Waals surface area contributed by atoms with Crippen molar-refractivity contribution in [2.24, 2.45) is 0 Å². The highest BCUT2D eigenvalue weighted by Crippen LogP contribution is 2.50. The molecule has 0 fully saturated rings. The van der Waals surface area contributed by atoms with Crippen LogP contribution in [0.25, 0.3) is 77.6 Å². The minimum absolute atomic E-state index is 0.0411. The van der Waals surface area contributed by atoms with E-state index in [2.05, 4.69) is 231 Å². The molecule has 0 unspecified atom stereocenters. The third kappa shape index (κ3) is 6.04. The zero-order chi connectivity index (χ0) is 39.5. The lowest BCUT2D eigenvalue weighted by Gasteiger charge is -2.26. The van der Waals surface area contributed by atoms with Gasteiger partial charge in [-0.25, -0.2) is 0 Å². The Hall–Kier alpha value is -7.42. The van der Waals surface area contributed by atoms with Crippen LogP contribution in [0, 0.1) is 0 Å². The van der Waals surface area contributed by atoms with Gasteiger partial charge in [-0.15, -0.1) is 0 Å². The van der Waals surface area contributed by atoms with E-state index in [0.717, 1.165) is 55.7 Å². The Morgan fingerprint density at radius 3 is 1.22 bits per heavy atom. The van der Waals surface area contributed by atoms with Gasteiger partial charge in [-0.2, -0.15) is 0 Å². The first-order chi connectivity index (χ1) is 29.0. The van der Waals surface area contributed by atoms with Gasteiger partial charge < -0.3 is 9.32 Å². The van der Waals surface area contributed by atoms with Crippen molar-refractivity contribution in [1.29, 1.82) is 0 Å². The molecule has 9 aromatic carbocycles. The van der Waals surface area contributed by atoms with Gasteiger partial charge in [0.25, 0.3) is 0 Å². The van der Waals surface area contributed by atoms with Gasteiger partial charge in [0.05, 0.1) is 0 Å². The minimum atomic E-state index is -0.0411. The number of nitrogens with zero attached hydrogens (tertiary/aromatic N) is 1. The van der Waals surface area contributed by atoms with E-state index in [0.29, 0.717) is 0 Å². The molecular formula is C57H41NO. The van der Waals surface area contributed by atoms with Gasteiger partial charge in [-0.05, 0) is 133 Å². The fourth-order valence-electron chi connectivity index (χ4n) is 9.14. The Morgan fingerprint density at radius 2 is 0.695 bits per heavy atom. The summed E-state index contributed by atoms with van der Waals surface area (Å²) in [7, 11) is 0. The van der Waals surface area contributed by atoms with Crippen LogP contribution in [0.15, 0.2) is 217 Å². The van der Waals surface area contributed by atoms with Gasteiger partial charge in [-0.3, -0.25) is 0 Å². The predicted octanol–water partition coefficient (Wildman–Crippen LogP) is 16.0. The Morgan fingerprint density at radius 1 is 0.322 bits per heavy atom. The second kappa shape index (κ2) is 13.9. The molecule has 0 atom stereocenters. The van der Waals surface area contributed by atoms with Crippen molar-refractivity contribution in [2.45, 2.75) is 19.3 Å². The van der Waals surface area contributed by atoms with E-state index in [9.17, 15) is 0 Å². The summed E-state index contributed by atoms with van der Waals surface area (Å²) in [5, 5.41) is 2.26. The maximum Gasteiger partial charge on any atom is 0.136 e. The quantitative estimate of drug-likeness (QED) is 0.161. The molecule has 0 N–H and O–H groups in total. The Bertz CT molecular complexity index is 3060. The standard InChI is InChI=1S/C57H41NO/c1-57(2)53-16-10-9-15-49(53)50-32-23-43(35-54(50)57)45-25-34-52-51-33-24-44(36-55(51)59-56(52)37-45)42-21-30-48(31-22-42)58(46-26-17-40(18-27-46)38-11-5-3-6-12-38)47-28-19-41(20-29-47)39-13-7-4-8-14-39/h3-37H,1-2H3. The highest BCUT2D eigenvalue weighted by molar-refractivity contribution is 6.07. The van der Waals surface area contributed by atoms with Gasteiger partial charge in [0.1, 0.15) is 11.2 Å². The van der Waals surface area contributed by atoms with Crippen LogP contribution in [0.5, 0.6) is 0 Å². The summed E-state index contributed by atoms with van der Waals surface area (Å²) in [4.78, 5) is 2.33. The molecule has 0 saturated heterocycles. The third-order valence-corrected chi connectivity index (χ3v) is 12.3. The van der Waals surface area contributed by atoms with E-state index in [-0.39, 0.29) is 5.41 Å². The molecule has 2 heteroatoms. The average Bonchev–Trinajstić information content (AvgIpc) is 3.78. The van der Waals surface area contributed by atoms with Crippen molar-refractivity contribution in [3.05, 3.63) is 223 Å². The van der Waals surface area contributed by atoms with Crippen molar-refractivity contribution in [3.63, 3.8) is 0 Å². The monoisotopic (exact) mass is 755 g/mol. The third-order valence-electron chi connectivity index (χ3n) is 12.3. The smallest absolute Gasteiger partial charge is 0.136 e. The second-order valence-corrected chi connectivity index (χ2v) is 16.2. The van der Waals surface area contributed by atoms with Gasteiger partial charge in [0.2, 0.25) is 0 Å². The molecule has 2 nitrogen and oxygen atoms in total. The number of furan rings is 1. The number of anilines is 3. The summed E-state index contributed by atoms with van der Waals surface area (Å²) in [5.74, 6) is 0. The normalized spacial score (nSPS) is 12.7. The summed E-state index contributed by atoms with van der Waals surface area (Å²) in [6, 6.07) is 76.6. The van der Waals surface area contributed by atoms with Crippen LogP contribution in [0.2, 0.25) is 0 Å². The average molecular weight is 756 g/mol. The van der Waals surface area contributed by atoms with Gasteiger partial charge >= 0.3 is 0 Å². The Kier molecular flexibility index (Phi) is 8.20. The van der Waals surface area contributed by atoms with Crippen molar-refractivity contribution in [3.8, 4) is 55.6 Å². The van der Waals surface area contributed by atoms with Gasteiger partial charge in [0, 0.05) is 33.2 Å². The lowest BCUT2D eigenvalue weighted by Crippen LogP contribution is -2.14. The molecular weight excluding hydrogens is 715 g/mol. The van der Waals surface area contributed by atoms with Crippen LogP contribution in [-0.4, -0.2) is 0 Å². The first kappa shape index (κ1) is 34.8. The maximum atomic E-state index is 6.61. The van der Waals surface area contributed by atoms with E-state index >= 15 is 0 Å². The molecule has 0 spiro atoms. The maximum absolute atomic E-state index is 6.61.